The Hall–Kier alpha value is -0.870. The molecule has 0 aliphatic carbocycles. The van der Waals surface area contributed by atoms with E-state index < -0.39 is 0 Å². The molecule has 2 unspecified atom stereocenters. The van der Waals surface area contributed by atoms with Crippen LogP contribution in [0.1, 0.15) is 23.4 Å². The van der Waals surface area contributed by atoms with Gasteiger partial charge in [-0.05, 0) is 43.5 Å². The van der Waals surface area contributed by atoms with Crippen LogP contribution in [0.5, 0.6) is 0 Å². The summed E-state index contributed by atoms with van der Waals surface area (Å²) in [5.74, 6) is 0. The van der Waals surface area contributed by atoms with Gasteiger partial charge in [0, 0.05) is 28.5 Å². The van der Waals surface area contributed by atoms with Crippen molar-refractivity contribution in [2.75, 3.05) is 13.6 Å². The van der Waals surface area contributed by atoms with Gasteiger partial charge in [-0.2, -0.15) is 0 Å². The Balaban J connectivity index is 2.12. The SMILES string of the molecule is CC(Cc1cccs1)N(C)C(CN)c1ccccc1Cl. The maximum atomic E-state index is 6.31. The van der Waals surface area contributed by atoms with Gasteiger partial charge in [0.15, 0.2) is 0 Å². The molecule has 108 valence electrons. The standard InChI is InChI=1S/C16H21ClN2S/c1-12(10-13-6-5-9-20-13)19(2)16(11-18)14-7-3-4-8-15(14)17/h3-9,12,16H,10-11,18H2,1-2H3. The number of hydrogen-bond acceptors (Lipinski definition) is 3. The maximum absolute atomic E-state index is 6.31. The van der Waals surface area contributed by atoms with E-state index in [4.69, 9.17) is 17.3 Å². The summed E-state index contributed by atoms with van der Waals surface area (Å²) in [6.45, 7) is 2.80. The Morgan fingerprint density at radius 3 is 2.60 bits per heavy atom. The van der Waals surface area contributed by atoms with Crippen LogP contribution in [-0.2, 0) is 6.42 Å². The molecule has 0 amide bonds. The lowest BCUT2D eigenvalue weighted by Gasteiger charge is -2.33. The summed E-state index contributed by atoms with van der Waals surface area (Å²) in [7, 11) is 2.12. The number of benzene rings is 1. The predicted octanol–water partition coefficient (Wildman–Crippen LogP) is 3.96. The monoisotopic (exact) mass is 308 g/mol. The maximum Gasteiger partial charge on any atom is 0.0485 e. The first-order chi connectivity index (χ1) is 9.63. The van der Waals surface area contributed by atoms with E-state index in [9.17, 15) is 0 Å². The van der Waals surface area contributed by atoms with E-state index in [1.165, 1.54) is 4.88 Å². The summed E-state index contributed by atoms with van der Waals surface area (Å²) < 4.78 is 0. The van der Waals surface area contributed by atoms with Gasteiger partial charge in [0.05, 0.1) is 0 Å². The molecule has 0 fully saturated rings. The minimum Gasteiger partial charge on any atom is -0.329 e. The highest BCUT2D eigenvalue weighted by molar-refractivity contribution is 7.09. The molecule has 4 heteroatoms. The molecule has 0 radical (unpaired) electrons. The molecule has 2 nitrogen and oxygen atoms in total. The first-order valence-electron chi connectivity index (χ1n) is 6.82. The Kier molecular flexibility index (Phi) is 5.61. The summed E-state index contributed by atoms with van der Waals surface area (Å²) in [5, 5.41) is 2.91. The molecule has 0 saturated carbocycles. The van der Waals surface area contributed by atoms with Crippen molar-refractivity contribution in [1.29, 1.82) is 0 Å². The quantitative estimate of drug-likeness (QED) is 0.875. The van der Waals surface area contributed by atoms with E-state index in [2.05, 4.69) is 42.5 Å². The van der Waals surface area contributed by atoms with Crippen molar-refractivity contribution < 1.29 is 0 Å². The fraction of sp³-hybridized carbons (Fsp3) is 0.375. The van der Waals surface area contributed by atoms with Crippen LogP contribution < -0.4 is 5.73 Å². The van der Waals surface area contributed by atoms with Gasteiger partial charge in [-0.25, -0.2) is 0 Å². The van der Waals surface area contributed by atoms with Crippen molar-refractivity contribution in [2.45, 2.75) is 25.4 Å². The smallest absolute Gasteiger partial charge is 0.0485 e. The average molecular weight is 309 g/mol. The lowest BCUT2D eigenvalue weighted by Crippen LogP contribution is -2.38. The van der Waals surface area contributed by atoms with E-state index in [0.717, 1.165) is 17.0 Å². The first-order valence-corrected chi connectivity index (χ1v) is 8.08. The summed E-state index contributed by atoms with van der Waals surface area (Å²) in [5.41, 5.74) is 7.10. The topological polar surface area (TPSA) is 29.3 Å². The van der Waals surface area contributed by atoms with Crippen molar-refractivity contribution in [3.63, 3.8) is 0 Å². The third kappa shape index (κ3) is 3.61. The van der Waals surface area contributed by atoms with Crippen molar-refractivity contribution >= 4 is 22.9 Å². The van der Waals surface area contributed by atoms with Crippen LogP contribution >= 0.6 is 22.9 Å². The van der Waals surface area contributed by atoms with Crippen LogP contribution in [0.4, 0.5) is 0 Å². The first kappa shape index (κ1) is 15.5. The second kappa shape index (κ2) is 7.23. The number of nitrogens with two attached hydrogens (primary N) is 1. The van der Waals surface area contributed by atoms with Crippen LogP contribution in [-0.4, -0.2) is 24.5 Å². The second-order valence-corrected chi connectivity index (χ2v) is 6.51. The molecule has 0 aliphatic heterocycles. The van der Waals surface area contributed by atoms with Crippen LogP contribution in [0, 0.1) is 0 Å². The number of thiophene rings is 1. The Labute approximate surface area is 130 Å². The molecule has 2 rings (SSSR count). The molecular formula is C16H21ClN2S. The lowest BCUT2D eigenvalue weighted by atomic mass is 10.0. The zero-order valence-electron chi connectivity index (χ0n) is 11.9. The average Bonchev–Trinajstić information content (AvgIpc) is 2.94. The van der Waals surface area contributed by atoms with Crippen molar-refractivity contribution in [1.82, 2.24) is 4.90 Å². The van der Waals surface area contributed by atoms with Crippen molar-refractivity contribution in [2.24, 2.45) is 5.73 Å². The minimum atomic E-state index is 0.152. The van der Waals surface area contributed by atoms with E-state index >= 15 is 0 Å². The van der Waals surface area contributed by atoms with Gasteiger partial charge < -0.3 is 5.73 Å². The molecule has 0 saturated heterocycles. The molecule has 20 heavy (non-hydrogen) atoms. The van der Waals surface area contributed by atoms with Gasteiger partial charge in [-0.1, -0.05) is 35.9 Å². The highest BCUT2D eigenvalue weighted by Crippen LogP contribution is 2.28. The summed E-state index contributed by atoms with van der Waals surface area (Å²) in [6.07, 6.45) is 1.04. The predicted molar refractivity (Wildman–Crippen MR) is 88.5 cm³/mol. The molecular weight excluding hydrogens is 288 g/mol. The molecule has 1 aromatic carbocycles. The van der Waals surface area contributed by atoms with Gasteiger partial charge in [-0.15, -0.1) is 11.3 Å². The molecule has 0 spiro atoms. The number of rotatable bonds is 6. The molecule has 2 atom stereocenters. The summed E-state index contributed by atoms with van der Waals surface area (Å²) in [4.78, 5) is 3.72. The lowest BCUT2D eigenvalue weighted by molar-refractivity contribution is 0.188. The van der Waals surface area contributed by atoms with Crippen LogP contribution in [0.25, 0.3) is 0 Å². The number of nitrogens with zero attached hydrogens (tertiary/aromatic N) is 1. The normalized spacial score (nSPS) is 14.4. The Morgan fingerprint density at radius 1 is 1.25 bits per heavy atom. The highest BCUT2D eigenvalue weighted by Gasteiger charge is 2.22. The van der Waals surface area contributed by atoms with E-state index in [0.29, 0.717) is 12.6 Å². The molecule has 0 bridgehead atoms. The molecule has 1 heterocycles. The largest absolute Gasteiger partial charge is 0.329 e. The van der Waals surface area contributed by atoms with Gasteiger partial charge in [0.1, 0.15) is 0 Å². The summed E-state index contributed by atoms with van der Waals surface area (Å²) >= 11 is 8.11. The molecule has 0 aliphatic rings. The van der Waals surface area contributed by atoms with Gasteiger partial charge in [0.25, 0.3) is 0 Å². The number of likely N-dealkylation sites (N-methyl/N-ethyl adjacent to an activating group) is 1. The zero-order chi connectivity index (χ0) is 14.5. The Morgan fingerprint density at radius 2 is 2.00 bits per heavy atom. The Bertz CT molecular complexity index is 527. The van der Waals surface area contributed by atoms with Crippen LogP contribution in [0.3, 0.4) is 0 Å². The minimum absolute atomic E-state index is 0.152. The second-order valence-electron chi connectivity index (χ2n) is 5.07. The zero-order valence-corrected chi connectivity index (χ0v) is 13.5. The van der Waals surface area contributed by atoms with E-state index in [1.54, 1.807) is 11.3 Å². The van der Waals surface area contributed by atoms with Crippen molar-refractivity contribution in [3.8, 4) is 0 Å². The fourth-order valence-corrected chi connectivity index (χ4v) is 3.52. The van der Waals surface area contributed by atoms with Crippen LogP contribution in [0.2, 0.25) is 5.02 Å². The van der Waals surface area contributed by atoms with Gasteiger partial charge in [0.2, 0.25) is 0 Å². The fourth-order valence-electron chi connectivity index (χ4n) is 2.43. The third-order valence-corrected chi connectivity index (χ3v) is 4.99. The van der Waals surface area contributed by atoms with Crippen LogP contribution in [0.15, 0.2) is 41.8 Å². The number of hydrogen-bond donors (Lipinski definition) is 1. The molecule has 2 N–H and O–H groups in total. The number of halogens is 1. The van der Waals surface area contributed by atoms with Gasteiger partial charge >= 0.3 is 0 Å². The highest BCUT2D eigenvalue weighted by atomic mass is 35.5. The molecule has 1 aromatic heterocycles. The van der Waals surface area contributed by atoms with Gasteiger partial charge in [-0.3, -0.25) is 4.90 Å². The summed E-state index contributed by atoms with van der Waals surface area (Å²) in [6, 6.07) is 12.8. The van der Waals surface area contributed by atoms with E-state index in [-0.39, 0.29) is 6.04 Å². The molecule has 2 aromatic rings. The van der Waals surface area contributed by atoms with Crippen molar-refractivity contribution in [3.05, 3.63) is 57.2 Å². The third-order valence-electron chi connectivity index (χ3n) is 3.75. The van der Waals surface area contributed by atoms with E-state index in [1.807, 2.05) is 18.2 Å².